The summed E-state index contributed by atoms with van der Waals surface area (Å²) in [6.07, 6.45) is 3.88. The number of benzene rings is 1. The minimum atomic E-state index is -0.563. The molecule has 0 bridgehead atoms. The SMILES string of the molecule is CCC(C)C(NC(=O)c1ccc(Cl)cc1)C(=O)NC1CCCC1CN. The second kappa shape index (κ2) is 9.20. The molecule has 0 aromatic heterocycles. The van der Waals surface area contributed by atoms with Crippen molar-refractivity contribution in [1.82, 2.24) is 10.6 Å². The van der Waals surface area contributed by atoms with E-state index in [9.17, 15) is 9.59 Å². The zero-order chi connectivity index (χ0) is 18.4. The predicted molar refractivity (Wildman–Crippen MR) is 100 cm³/mol. The Balaban J connectivity index is 2.06. The molecule has 1 aliphatic rings. The fraction of sp³-hybridized carbons (Fsp3) is 0.579. The van der Waals surface area contributed by atoms with Gasteiger partial charge in [0.05, 0.1) is 0 Å². The molecular weight excluding hydrogens is 338 g/mol. The third kappa shape index (κ3) is 5.19. The number of amides is 2. The van der Waals surface area contributed by atoms with Crippen molar-refractivity contribution in [3.05, 3.63) is 34.9 Å². The molecule has 4 atom stereocenters. The van der Waals surface area contributed by atoms with Crippen LogP contribution in [-0.4, -0.2) is 30.4 Å². The lowest BCUT2D eigenvalue weighted by molar-refractivity contribution is -0.125. The maximum atomic E-state index is 12.8. The Bertz CT molecular complexity index is 591. The van der Waals surface area contributed by atoms with Crippen LogP contribution >= 0.6 is 11.6 Å². The summed E-state index contributed by atoms with van der Waals surface area (Å²) in [7, 11) is 0. The number of rotatable bonds is 7. The standard InChI is InChI=1S/C19H28ClN3O2/c1-3-12(2)17(19(25)22-16-6-4-5-14(16)11-21)23-18(24)13-7-9-15(20)10-8-13/h7-10,12,14,16-17H,3-6,11,21H2,1-2H3,(H,22,25)(H,23,24). The summed E-state index contributed by atoms with van der Waals surface area (Å²) >= 11 is 5.86. The van der Waals surface area contributed by atoms with Crippen molar-refractivity contribution in [2.75, 3.05) is 6.54 Å². The Morgan fingerprint density at radius 1 is 1.28 bits per heavy atom. The van der Waals surface area contributed by atoms with Crippen LogP contribution < -0.4 is 16.4 Å². The number of carbonyl (C=O) groups excluding carboxylic acids is 2. The smallest absolute Gasteiger partial charge is 0.251 e. The number of carbonyl (C=O) groups is 2. The zero-order valence-corrected chi connectivity index (χ0v) is 15.7. The molecule has 1 saturated carbocycles. The third-order valence-corrected chi connectivity index (χ3v) is 5.43. The number of nitrogens with two attached hydrogens (primary N) is 1. The molecular formula is C19H28ClN3O2. The number of halogens is 1. The van der Waals surface area contributed by atoms with E-state index in [1.807, 2.05) is 13.8 Å². The van der Waals surface area contributed by atoms with E-state index in [4.69, 9.17) is 17.3 Å². The molecule has 4 unspecified atom stereocenters. The topological polar surface area (TPSA) is 84.2 Å². The van der Waals surface area contributed by atoms with Crippen molar-refractivity contribution in [1.29, 1.82) is 0 Å². The van der Waals surface area contributed by atoms with Gasteiger partial charge in [-0.15, -0.1) is 0 Å². The van der Waals surface area contributed by atoms with Crippen LogP contribution in [0.5, 0.6) is 0 Å². The van der Waals surface area contributed by atoms with Gasteiger partial charge in [0.2, 0.25) is 5.91 Å². The Morgan fingerprint density at radius 2 is 1.96 bits per heavy atom. The number of hydrogen-bond acceptors (Lipinski definition) is 3. The summed E-state index contributed by atoms with van der Waals surface area (Å²) in [5.74, 6) is -0.0246. The van der Waals surface area contributed by atoms with Gasteiger partial charge in [0.25, 0.3) is 5.91 Å². The van der Waals surface area contributed by atoms with Crippen LogP contribution in [0.2, 0.25) is 5.02 Å². The third-order valence-electron chi connectivity index (χ3n) is 5.18. The van der Waals surface area contributed by atoms with Crippen LogP contribution in [0.15, 0.2) is 24.3 Å². The van der Waals surface area contributed by atoms with Gasteiger partial charge in [-0.1, -0.05) is 38.3 Å². The Morgan fingerprint density at radius 3 is 2.56 bits per heavy atom. The van der Waals surface area contributed by atoms with Gasteiger partial charge < -0.3 is 16.4 Å². The van der Waals surface area contributed by atoms with Gasteiger partial charge in [0, 0.05) is 16.6 Å². The quantitative estimate of drug-likeness (QED) is 0.694. The van der Waals surface area contributed by atoms with E-state index in [1.54, 1.807) is 24.3 Å². The van der Waals surface area contributed by atoms with Crippen LogP contribution in [-0.2, 0) is 4.79 Å². The molecule has 25 heavy (non-hydrogen) atoms. The van der Waals surface area contributed by atoms with Gasteiger partial charge in [-0.05, 0) is 55.5 Å². The van der Waals surface area contributed by atoms with E-state index in [0.29, 0.717) is 23.0 Å². The average molecular weight is 366 g/mol. The zero-order valence-electron chi connectivity index (χ0n) is 14.9. The first-order valence-corrected chi connectivity index (χ1v) is 9.40. The minimum absolute atomic E-state index is 0.0361. The molecule has 1 aromatic carbocycles. The van der Waals surface area contributed by atoms with E-state index in [1.165, 1.54) is 0 Å². The molecule has 4 N–H and O–H groups in total. The molecule has 1 aromatic rings. The maximum absolute atomic E-state index is 12.8. The van der Waals surface area contributed by atoms with Crippen LogP contribution in [0.1, 0.15) is 49.9 Å². The van der Waals surface area contributed by atoms with Gasteiger partial charge in [0.1, 0.15) is 6.04 Å². The average Bonchev–Trinajstić information content (AvgIpc) is 3.06. The summed E-state index contributed by atoms with van der Waals surface area (Å²) in [4.78, 5) is 25.3. The summed E-state index contributed by atoms with van der Waals surface area (Å²) in [6, 6.07) is 6.19. The molecule has 0 aliphatic heterocycles. The summed E-state index contributed by atoms with van der Waals surface area (Å²) in [6.45, 7) is 4.56. The molecule has 0 heterocycles. The molecule has 138 valence electrons. The molecule has 5 nitrogen and oxygen atoms in total. The second-order valence-electron chi connectivity index (χ2n) is 6.89. The maximum Gasteiger partial charge on any atom is 0.251 e. The van der Waals surface area contributed by atoms with E-state index in [-0.39, 0.29) is 23.8 Å². The Hall–Kier alpha value is -1.59. The largest absolute Gasteiger partial charge is 0.351 e. The van der Waals surface area contributed by atoms with Crippen molar-refractivity contribution >= 4 is 23.4 Å². The van der Waals surface area contributed by atoms with Gasteiger partial charge in [0.15, 0.2) is 0 Å². The summed E-state index contributed by atoms with van der Waals surface area (Å²) in [5, 5.41) is 6.56. The molecule has 2 rings (SSSR count). The highest BCUT2D eigenvalue weighted by atomic mass is 35.5. The lowest BCUT2D eigenvalue weighted by atomic mass is 9.96. The first-order valence-electron chi connectivity index (χ1n) is 9.03. The Kier molecular flexibility index (Phi) is 7.26. The van der Waals surface area contributed by atoms with Crippen LogP contribution in [0.4, 0.5) is 0 Å². The van der Waals surface area contributed by atoms with Crippen LogP contribution in [0.3, 0.4) is 0 Å². The van der Waals surface area contributed by atoms with E-state index < -0.39 is 6.04 Å². The molecule has 6 heteroatoms. The minimum Gasteiger partial charge on any atom is -0.351 e. The molecule has 1 fully saturated rings. The number of hydrogen-bond donors (Lipinski definition) is 3. The highest BCUT2D eigenvalue weighted by molar-refractivity contribution is 6.30. The van der Waals surface area contributed by atoms with Crippen LogP contribution in [0, 0.1) is 11.8 Å². The first-order chi connectivity index (χ1) is 12.0. The van der Waals surface area contributed by atoms with Crippen molar-refractivity contribution in [3.8, 4) is 0 Å². The second-order valence-corrected chi connectivity index (χ2v) is 7.32. The highest BCUT2D eigenvalue weighted by Crippen LogP contribution is 2.25. The Labute approximate surface area is 154 Å². The van der Waals surface area contributed by atoms with Crippen molar-refractivity contribution in [2.24, 2.45) is 17.6 Å². The van der Waals surface area contributed by atoms with Gasteiger partial charge >= 0.3 is 0 Å². The van der Waals surface area contributed by atoms with Crippen molar-refractivity contribution in [3.63, 3.8) is 0 Å². The van der Waals surface area contributed by atoms with E-state index >= 15 is 0 Å². The van der Waals surface area contributed by atoms with E-state index in [2.05, 4.69) is 10.6 Å². The molecule has 0 saturated heterocycles. The fourth-order valence-corrected chi connectivity index (χ4v) is 3.44. The van der Waals surface area contributed by atoms with Gasteiger partial charge in [-0.3, -0.25) is 9.59 Å². The first kappa shape index (κ1) is 19.7. The lowest BCUT2D eigenvalue weighted by Gasteiger charge is -2.27. The van der Waals surface area contributed by atoms with Gasteiger partial charge in [-0.25, -0.2) is 0 Å². The highest BCUT2D eigenvalue weighted by Gasteiger charge is 2.32. The fourth-order valence-electron chi connectivity index (χ4n) is 3.31. The normalized spacial score (nSPS) is 22.2. The van der Waals surface area contributed by atoms with Crippen LogP contribution in [0.25, 0.3) is 0 Å². The summed E-state index contributed by atoms with van der Waals surface area (Å²) < 4.78 is 0. The van der Waals surface area contributed by atoms with Gasteiger partial charge in [-0.2, -0.15) is 0 Å². The van der Waals surface area contributed by atoms with Crippen molar-refractivity contribution < 1.29 is 9.59 Å². The van der Waals surface area contributed by atoms with Crippen molar-refractivity contribution in [2.45, 2.75) is 51.6 Å². The molecule has 1 aliphatic carbocycles. The monoisotopic (exact) mass is 365 g/mol. The molecule has 0 radical (unpaired) electrons. The molecule has 2 amide bonds. The number of nitrogens with one attached hydrogen (secondary N) is 2. The lowest BCUT2D eigenvalue weighted by Crippen LogP contribution is -2.53. The summed E-state index contributed by atoms with van der Waals surface area (Å²) in [5.41, 5.74) is 6.29. The molecule has 0 spiro atoms. The predicted octanol–water partition coefficient (Wildman–Crippen LogP) is 2.73. The van der Waals surface area contributed by atoms with E-state index in [0.717, 1.165) is 25.7 Å².